The van der Waals surface area contributed by atoms with Crippen LogP contribution in [0.15, 0.2) is 24.3 Å². The van der Waals surface area contributed by atoms with Gasteiger partial charge in [0.25, 0.3) is 0 Å². The van der Waals surface area contributed by atoms with E-state index < -0.39 is 0 Å². The van der Waals surface area contributed by atoms with Crippen LogP contribution >= 0.6 is 0 Å². The Bertz CT molecular complexity index is 375. The van der Waals surface area contributed by atoms with Gasteiger partial charge in [0.15, 0.2) is 0 Å². The average molecular weight is 263 g/mol. The SMILES string of the molecule is CN1CCN(Cc2cccc(OCCCN)c2)CC1. The molecule has 0 aliphatic carbocycles. The van der Waals surface area contributed by atoms with Crippen molar-refractivity contribution < 1.29 is 4.74 Å². The van der Waals surface area contributed by atoms with E-state index in [1.54, 1.807) is 0 Å². The number of nitrogens with two attached hydrogens (primary N) is 1. The van der Waals surface area contributed by atoms with Crippen molar-refractivity contribution in [3.63, 3.8) is 0 Å². The molecule has 0 saturated carbocycles. The third-order valence-electron chi connectivity index (χ3n) is 3.52. The lowest BCUT2D eigenvalue weighted by Gasteiger charge is -2.32. The smallest absolute Gasteiger partial charge is 0.119 e. The number of hydrogen-bond donors (Lipinski definition) is 1. The van der Waals surface area contributed by atoms with E-state index in [1.165, 1.54) is 5.56 Å². The molecule has 0 spiro atoms. The molecule has 1 heterocycles. The zero-order chi connectivity index (χ0) is 13.5. The molecule has 0 aromatic heterocycles. The Labute approximate surface area is 116 Å². The number of rotatable bonds is 6. The highest BCUT2D eigenvalue weighted by molar-refractivity contribution is 5.28. The summed E-state index contributed by atoms with van der Waals surface area (Å²) in [6, 6.07) is 8.41. The number of hydrogen-bond acceptors (Lipinski definition) is 4. The maximum Gasteiger partial charge on any atom is 0.119 e. The lowest BCUT2D eigenvalue weighted by Crippen LogP contribution is -2.43. The Hall–Kier alpha value is -1.10. The third kappa shape index (κ3) is 4.82. The van der Waals surface area contributed by atoms with Crippen molar-refractivity contribution in [3.8, 4) is 5.75 Å². The Morgan fingerprint density at radius 3 is 2.74 bits per heavy atom. The Morgan fingerprint density at radius 2 is 2.00 bits per heavy atom. The van der Waals surface area contributed by atoms with E-state index in [0.717, 1.165) is 44.9 Å². The predicted molar refractivity (Wildman–Crippen MR) is 78.4 cm³/mol. The van der Waals surface area contributed by atoms with Gasteiger partial charge in [-0.25, -0.2) is 0 Å². The van der Waals surface area contributed by atoms with Gasteiger partial charge in [-0.3, -0.25) is 4.90 Å². The summed E-state index contributed by atoms with van der Waals surface area (Å²) < 4.78 is 5.69. The van der Waals surface area contributed by atoms with Crippen molar-refractivity contribution in [2.75, 3.05) is 46.4 Å². The molecule has 0 amide bonds. The van der Waals surface area contributed by atoms with Crippen LogP contribution in [0.1, 0.15) is 12.0 Å². The van der Waals surface area contributed by atoms with E-state index in [-0.39, 0.29) is 0 Å². The Kier molecular flexibility index (Phi) is 5.63. The largest absolute Gasteiger partial charge is 0.494 e. The molecule has 4 heteroatoms. The van der Waals surface area contributed by atoms with Crippen LogP contribution in [0.5, 0.6) is 5.75 Å². The van der Waals surface area contributed by atoms with E-state index in [9.17, 15) is 0 Å². The third-order valence-corrected chi connectivity index (χ3v) is 3.52. The van der Waals surface area contributed by atoms with E-state index in [4.69, 9.17) is 10.5 Å². The molecule has 1 aliphatic heterocycles. The Balaban J connectivity index is 1.84. The molecule has 0 atom stereocenters. The minimum absolute atomic E-state index is 0.682. The number of benzene rings is 1. The maximum atomic E-state index is 5.69. The minimum atomic E-state index is 0.682. The summed E-state index contributed by atoms with van der Waals surface area (Å²) in [5.74, 6) is 0.958. The summed E-state index contributed by atoms with van der Waals surface area (Å²) in [6.45, 7) is 7.01. The first kappa shape index (κ1) is 14.3. The van der Waals surface area contributed by atoms with Crippen molar-refractivity contribution in [1.29, 1.82) is 0 Å². The summed E-state index contributed by atoms with van der Waals surface area (Å²) >= 11 is 0. The van der Waals surface area contributed by atoms with E-state index in [0.29, 0.717) is 13.2 Å². The normalized spacial score (nSPS) is 17.6. The van der Waals surface area contributed by atoms with E-state index in [2.05, 4.69) is 35.0 Å². The first-order valence-electron chi connectivity index (χ1n) is 7.10. The van der Waals surface area contributed by atoms with Gasteiger partial charge in [0.2, 0.25) is 0 Å². The lowest BCUT2D eigenvalue weighted by molar-refractivity contribution is 0.148. The predicted octanol–water partition coefficient (Wildman–Crippen LogP) is 1.16. The van der Waals surface area contributed by atoms with Gasteiger partial charge in [0.1, 0.15) is 5.75 Å². The van der Waals surface area contributed by atoms with Gasteiger partial charge in [0, 0.05) is 32.7 Å². The van der Waals surface area contributed by atoms with Crippen LogP contribution in [-0.4, -0.2) is 56.2 Å². The quantitative estimate of drug-likeness (QED) is 0.782. The van der Waals surface area contributed by atoms with Crippen molar-refractivity contribution in [2.45, 2.75) is 13.0 Å². The van der Waals surface area contributed by atoms with Crippen LogP contribution in [0, 0.1) is 0 Å². The van der Waals surface area contributed by atoms with Crippen molar-refractivity contribution in [2.24, 2.45) is 5.73 Å². The lowest BCUT2D eigenvalue weighted by atomic mass is 10.2. The molecular weight excluding hydrogens is 238 g/mol. The fraction of sp³-hybridized carbons (Fsp3) is 0.600. The Morgan fingerprint density at radius 1 is 1.21 bits per heavy atom. The van der Waals surface area contributed by atoms with Crippen LogP contribution in [0.4, 0.5) is 0 Å². The second-order valence-corrected chi connectivity index (χ2v) is 5.22. The first-order valence-corrected chi connectivity index (χ1v) is 7.10. The fourth-order valence-corrected chi connectivity index (χ4v) is 2.27. The van der Waals surface area contributed by atoms with Crippen molar-refractivity contribution in [3.05, 3.63) is 29.8 Å². The first-order chi connectivity index (χ1) is 9.28. The fourth-order valence-electron chi connectivity index (χ4n) is 2.27. The maximum absolute atomic E-state index is 5.69. The summed E-state index contributed by atoms with van der Waals surface area (Å²) in [7, 11) is 2.18. The van der Waals surface area contributed by atoms with Gasteiger partial charge < -0.3 is 15.4 Å². The highest BCUT2D eigenvalue weighted by atomic mass is 16.5. The monoisotopic (exact) mass is 263 g/mol. The summed E-state index contributed by atoms with van der Waals surface area (Å²) in [6.07, 6.45) is 0.905. The highest BCUT2D eigenvalue weighted by Crippen LogP contribution is 2.15. The average Bonchev–Trinajstić information content (AvgIpc) is 2.42. The summed E-state index contributed by atoms with van der Waals surface area (Å²) in [4.78, 5) is 4.88. The van der Waals surface area contributed by atoms with Gasteiger partial charge in [-0.15, -0.1) is 0 Å². The molecule has 0 unspecified atom stereocenters. The molecule has 1 fully saturated rings. The van der Waals surface area contributed by atoms with Crippen LogP contribution in [-0.2, 0) is 6.54 Å². The number of ether oxygens (including phenoxy) is 1. The molecule has 0 bridgehead atoms. The topological polar surface area (TPSA) is 41.7 Å². The second kappa shape index (κ2) is 7.48. The molecule has 4 nitrogen and oxygen atoms in total. The molecule has 2 rings (SSSR count). The van der Waals surface area contributed by atoms with Crippen molar-refractivity contribution in [1.82, 2.24) is 9.80 Å². The molecule has 2 N–H and O–H groups in total. The van der Waals surface area contributed by atoms with Crippen LogP contribution < -0.4 is 10.5 Å². The highest BCUT2D eigenvalue weighted by Gasteiger charge is 2.13. The molecule has 1 aromatic carbocycles. The minimum Gasteiger partial charge on any atom is -0.494 e. The van der Waals surface area contributed by atoms with Gasteiger partial charge >= 0.3 is 0 Å². The second-order valence-electron chi connectivity index (χ2n) is 5.22. The molecule has 19 heavy (non-hydrogen) atoms. The molecule has 1 aliphatic rings. The van der Waals surface area contributed by atoms with Gasteiger partial charge in [-0.05, 0) is 37.7 Å². The van der Waals surface area contributed by atoms with Crippen molar-refractivity contribution >= 4 is 0 Å². The van der Waals surface area contributed by atoms with Crippen LogP contribution in [0.25, 0.3) is 0 Å². The van der Waals surface area contributed by atoms with Gasteiger partial charge in [0.05, 0.1) is 6.61 Å². The zero-order valence-electron chi connectivity index (χ0n) is 11.8. The molecule has 0 radical (unpaired) electrons. The number of nitrogens with zero attached hydrogens (tertiary/aromatic N) is 2. The molecule has 1 aromatic rings. The summed E-state index contributed by atoms with van der Waals surface area (Å²) in [5, 5.41) is 0. The summed E-state index contributed by atoms with van der Waals surface area (Å²) in [5.41, 5.74) is 6.80. The van der Waals surface area contributed by atoms with Crippen LogP contribution in [0.2, 0.25) is 0 Å². The van der Waals surface area contributed by atoms with Gasteiger partial charge in [-0.2, -0.15) is 0 Å². The van der Waals surface area contributed by atoms with Gasteiger partial charge in [-0.1, -0.05) is 12.1 Å². The van der Waals surface area contributed by atoms with Crippen LogP contribution in [0.3, 0.4) is 0 Å². The number of piperazine rings is 1. The number of likely N-dealkylation sites (N-methyl/N-ethyl adjacent to an activating group) is 1. The van der Waals surface area contributed by atoms with E-state index in [1.807, 2.05) is 6.07 Å². The molecule has 106 valence electrons. The molecular formula is C15H25N3O. The standard InChI is InChI=1S/C15H25N3O/c1-17-7-9-18(10-8-17)13-14-4-2-5-15(12-14)19-11-3-6-16/h2,4-5,12H,3,6-11,13,16H2,1H3. The zero-order valence-corrected chi connectivity index (χ0v) is 11.8. The molecule has 1 saturated heterocycles. The van der Waals surface area contributed by atoms with E-state index >= 15 is 0 Å².